The highest BCUT2D eigenvalue weighted by molar-refractivity contribution is 7.16. The fourth-order valence-corrected chi connectivity index (χ4v) is 4.56. The van der Waals surface area contributed by atoms with E-state index in [1.54, 1.807) is 4.68 Å². The van der Waals surface area contributed by atoms with Crippen molar-refractivity contribution in [2.45, 2.75) is 41.0 Å². The highest BCUT2D eigenvalue weighted by atomic mass is 35.5. The number of halogens is 1. The monoisotopic (exact) mass is 466 g/mol. The van der Waals surface area contributed by atoms with E-state index in [1.165, 1.54) is 11.3 Å². The fourth-order valence-electron chi connectivity index (χ4n) is 3.58. The summed E-state index contributed by atoms with van der Waals surface area (Å²) in [5, 5.41) is 8.75. The second-order valence-electron chi connectivity index (χ2n) is 7.67. The number of rotatable bonds is 5. The molecule has 9 heteroatoms. The van der Waals surface area contributed by atoms with Crippen LogP contribution in [0.4, 0.5) is 5.13 Å². The third-order valence-corrected chi connectivity index (χ3v) is 6.24. The molecule has 4 rings (SSSR count). The molecule has 4 aromatic rings. The Balaban J connectivity index is 1.53. The molecule has 0 saturated carbocycles. The molecule has 0 fully saturated rings. The van der Waals surface area contributed by atoms with Crippen LogP contribution < -0.4 is 5.32 Å². The average molecular weight is 467 g/mol. The molecular formula is C23H23ClN6OS. The number of anilines is 1. The first-order valence-corrected chi connectivity index (χ1v) is 11.3. The van der Waals surface area contributed by atoms with Crippen LogP contribution in [0.1, 0.15) is 33.2 Å². The van der Waals surface area contributed by atoms with E-state index in [9.17, 15) is 4.79 Å². The Morgan fingerprint density at radius 2 is 1.69 bits per heavy atom. The van der Waals surface area contributed by atoms with Crippen LogP contribution >= 0.6 is 22.9 Å². The molecule has 1 N–H and O–H groups in total. The Morgan fingerprint density at radius 1 is 1.03 bits per heavy atom. The molecule has 164 valence electrons. The maximum absolute atomic E-state index is 12.8. The third-order valence-electron chi connectivity index (χ3n) is 5.10. The molecule has 32 heavy (non-hydrogen) atoms. The number of benzene rings is 1. The number of aryl methyl sites for hydroxylation is 4. The molecule has 3 aromatic heterocycles. The highest BCUT2D eigenvalue weighted by Gasteiger charge is 2.19. The van der Waals surface area contributed by atoms with Gasteiger partial charge in [-0.15, -0.1) is 11.3 Å². The molecule has 0 saturated heterocycles. The molecule has 0 atom stereocenters. The summed E-state index contributed by atoms with van der Waals surface area (Å²) in [4.78, 5) is 27.4. The summed E-state index contributed by atoms with van der Waals surface area (Å²) in [5.41, 5.74) is 6.03. The lowest BCUT2D eigenvalue weighted by molar-refractivity contribution is -0.115. The number of amides is 1. The van der Waals surface area contributed by atoms with Crippen molar-refractivity contribution in [1.29, 1.82) is 0 Å². The summed E-state index contributed by atoms with van der Waals surface area (Å²) >= 11 is 7.43. The average Bonchev–Trinajstić information content (AvgIpc) is 3.21. The third kappa shape index (κ3) is 4.56. The molecule has 7 nitrogen and oxygen atoms in total. The molecule has 1 amide bonds. The van der Waals surface area contributed by atoms with Gasteiger partial charge in [-0.3, -0.25) is 4.79 Å². The van der Waals surface area contributed by atoms with Crippen molar-refractivity contribution in [3.63, 3.8) is 0 Å². The van der Waals surface area contributed by atoms with E-state index in [4.69, 9.17) is 11.6 Å². The zero-order chi connectivity index (χ0) is 23.0. The second-order valence-corrected chi connectivity index (χ2v) is 9.31. The summed E-state index contributed by atoms with van der Waals surface area (Å²) in [6.45, 7) is 9.65. The molecule has 0 aliphatic rings. The normalized spacial score (nSPS) is 11.1. The predicted molar refractivity (Wildman–Crippen MR) is 128 cm³/mol. The molecule has 1 aromatic carbocycles. The SMILES string of the molecule is Cc1cc(C)nc(-n2nc(C)c(CC(=O)Nc3nc(-c4ccc(Cl)cc4)c(C)s3)c2C)n1. The van der Waals surface area contributed by atoms with Crippen LogP contribution in [0.3, 0.4) is 0 Å². The summed E-state index contributed by atoms with van der Waals surface area (Å²) in [6, 6.07) is 9.42. The van der Waals surface area contributed by atoms with E-state index >= 15 is 0 Å². The number of carbonyl (C=O) groups excluding carboxylic acids is 1. The standard InChI is InChI=1S/C23H23ClN6OS/c1-12-10-13(2)26-22(25-12)30-15(4)19(14(3)29-30)11-20(31)27-23-28-21(16(5)32-23)17-6-8-18(24)9-7-17/h6-10H,11H2,1-5H3,(H,27,28,31). The Morgan fingerprint density at radius 3 is 2.34 bits per heavy atom. The van der Waals surface area contributed by atoms with Crippen molar-refractivity contribution in [3.8, 4) is 17.2 Å². The van der Waals surface area contributed by atoms with E-state index in [0.717, 1.165) is 44.5 Å². The second kappa shape index (κ2) is 8.80. The fraction of sp³-hybridized carbons (Fsp3) is 0.261. The van der Waals surface area contributed by atoms with Crippen LogP contribution in [-0.2, 0) is 11.2 Å². The van der Waals surface area contributed by atoms with Crippen LogP contribution in [0.15, 0.2) is 30.3 Å². The van der Waals surface area contributed by atoms with Crippen molar-refractivity contribution in [3.05, 3.63) is 68.6 Å². The lowest BCUT2D eigenvalue weighted by atomic mass is 10.1. The number of hydrogen-bond donors (Lipinski definition) is 1. The molecule has 0 radical (unpaired) electrons. The Kier molecular flexibility index (Phi) is 6.08. The van der Waals surface area contributed by atoms with Crippen molar-refractivity contribution in [2.75, 3.05) is 5.32 Å². The summed E-state index contributed by atoms with van der Waals surface area (Å²) in [5.74, 6) is 0.367. The quantitative estimate of drug-likeness (QED) is 0.439. The first kappa shape index (κ1) is 22.1. The van der Waals surface area contributed by atoms with Gasteiger partial charge in [0, 0.05) is 38.1 Å². The van der Waals surface area contributed by atoms with Crippen molar-refractivity contribution in [2.24, 2.45) is 0 Å². The Bertz CT molecular complexity index is 1290. The van der Waals surface area contributed by atoms with Gasteiger partial charge in [-0.1, -0.05) is 23.7 Å². The predicted octanol–water partition coefficient (Wildman–Crippen LogP) is 5.16. The molecule has 3 heterocycles. The minimum absolute atomic E-state index is 0.145. The lowest BCUT2D eigenvalue weighted by Crippen LogP contribution is -2.15. The van der Waals surface area contributed by atoms with Gasteiger partial charge in [-0.05, 0) is 52.8 Å². The van der Waals surface area contributed by atoms with Gasteiger partial charge in [0.05, 0.1) is 17.8 Å². The van der Waals surface area contributed by atoms with Crippen LogP contribution in [0, 0.1) is 34.6 Å². The molecule has 0 unspecified atom stereocenters. The smallest absolute Gasteiger partial charge is 0.251 e. The van der Waals surface area contributed by atoms with Crippen molar-refractivity contribution < 1.29 is 4.79 Å². The Hall–Kier alpha value is -3.10. The zero-order valence-electron chi connectivity index (χ0n) is 18.5. The van der Waals surface area contributed by atoms with Gasteiger partial charge in [0.25, 0.3) is 5.95 Å². The minimum Gasteiger partial charge on any atom is -0.302 e. The molecular weight excluding hydrogens is 444 g/mol. The largest absolute Gasteiger partial charge is 0.302 e. The van der Waals surface area contributed by atoms with Gasteiger partial charge in [0.2, 0.25) is 5.91 Å². The summed E-state index contributed by atoms with van der Waals surface area (Å²) < 4.78 is 1.70. The zero-order valence-corrected chi connectivity index (χ0v) is 20.1. The molecule has 0 aliphatic carbocycles. The van der Waals surface area contributed by atoms with E-state index < -0.39 is 0 Å². The van der Waals surface area contributed by atoms with Gasteiger partial charge in [0.1, 0.15) is 0 Å². The minimum atomic E-state index is -0.145. The van der Waals surface area contributed by atoms with E-state index in [2.05, 4.69) is 25.4 Å². The van der Waals surface area contributed by atoms with E-state index in [1.807, 2.05) is 65.0 Å². The maximum atomic E-state index is 12.8. The first-order valence-electron chi connectivity index (χ1n) is 10.1. The number of aromatic nitrogens is 5. The van der Waals surface area contributed by atoms with E-state index in [0.29, 0.717) is 16.1 Å². The van der Waals surface area contributed by atoms with Crippen LogP contribution in [-0.4, -0.2) is 30.6 Å². The van der Waals surface area contributed by atoms with Gasteiger partial charge in [-0.25, -0.2) is 19.6 Å². The van der Waals surface area contributed by atoms with Crippen LogP contribution in [0.2, 0.25) is 5.02 Å². The maximum Gasteiger partial charge on any atom is 0.251 e. The number of hydrogen-bond acceptors (Lipinski definition) is 6. The topological polar surface area (TPSA) is 85.6 Å². The number of nitrogens with zero attached hydrogens (tertiary/aromatic N) is 5. The van der Waals surface area contributed by atoms with Crippen LogP contribution in [0.5, 0.6) is 0 Å². The summed E-state index contributed by atoms with van der Waals surface area (Å²) in [6.07, 6.45) is 0.192. The van der Waals surface area contributed by atoms with Gasteiger partial charge in [-0.2, -0.15) is 5.10 Å². The molecule has 0 spiro atoms. The van der Waals surface area contributed by atoms with Crippen LogP contribution in [0.25, 0.3) is 17.2 Å². The Labute approximate surface area is 195 Å². The van der Waals surface area contributed by atoms with Gasteiger partial charge in [0.15, 0.2) is 5.13 Å². The van der Waals surface area contributed by atoms with Crippen molar-refractivity contribution >= 4 is 34.0 Å². The first-order chi connectivity index (χ1) is 15.2. The molecule has 0 bridgehead atoms. The molecule has 0 aliphatic heterocycles. The summed E-state index contributed by atoms with van der Waals surface area (Å²) in [7, 11) is 0. The lowest BCUT2D eigenvalue weighted by Gasteiger charge is -2.06. The number of nitrogens with one attached hydrogen (secondary N) is 1. The van der Waals surface area contributed by atoms with Crippen molar-refractivity contribution in [1.82, 2.24) is 24.7 Å². The number of carbonyl (C=O) groups is 1. The number of thiazole rings is 1. The highest BCUT2D eigenvalue weighted by Crippen LogP contribution is 2.31. The van der Waals surface area contributed by atoms with Gasteiger partial charge >= 0.3 is 0 Å². The van der Waals surface area contributed by atoms with E-state index in [-0.39, 0.29) is 12.3 Å². The van der Waals surface area contributed by atoms with Gasteiger partial charge < -0.3 is 5.32 Å².